The molecule has 0 aliphatic carbocycles. The average molecular weight is 345 g/mol. The maximum absolute atomic E-state index is 13.0. The van der Waals surface area contributed by atoms with Crippen LogP contribution < -0.4 is 4.90 Å². The fourth-order valence-corrected chi connectivity index (χ4v) is 4.55. The van der Waals surface area contributed by atoms with Crippen LogP contribution in [0.15, 0.2) is 30.3 Å². The number of hydrogen-bond acceptors (Lipinski definition) is 5. The summed E-state index contributed by atoms with van der Waals surface area (Å²) >= 11 is 1.66. The van der Waals surface area contributed by atoms with Crippen molar-refractivity contribution in [2.75, 3.05) is 31.1 Å². The molecule has 4 heterocycles. The van der Waals surface area contributed by atoms with E-state index in [1.165, 1.54) is 0 Å². The van der Waals surface area contributed by atoms with E-state index < -0.39 is 0 Å². The summed E-state index contributed by atoms with van der Waals surface area (Å²) in [4.78, 5) is 25.9. The Hall–Kier alpha value is -1.89. The molecule has 2 aliphatic rings. The molecule has 2 aliphatic heterocycles. The molecule has 0 aromatic carbocycles. The Morgan fingerprint density at radius 3 is 2.88 bits per heavy atom. The zero-order valence-corrected chi connectivity index (χ0v) is 14.6. The number of amides is 1. The summed E-state index contributed by atoms with van der Waals surface area (Å²) in [6.07, 6.45) is 11.8. The lowest BCUT2D eigenvalue weighted by molar-refractivity contribution is -0.137. The molecule has 2 aromatic rings. The minimum Gasteiger partial charge on any atom is -0.347 e. The molecule has 2 aromatic heterocycles. The average Bonchev–Trinajstić information content (AvgIpc) is 3.35. The maximum atomic E-state index is 13.0. The molecule has 0 spiro atoms. The van der Waals surface area contributed by atoms with E-state index in [0.717, 1.165) is 57.0 Å². The molecule has 6 nitrogen and oxygen atoms in total. The van der Waals surface area contributed by atoms with Crippen LogP contribution in [-0.4, -0.2) is 51.5 Å². The number of likely N-dealkylation sites (tertiary alicyclic amines) is 1. The van der Waals surface area contributed by atoms with Gasteiger partial charge in [0.05, 0.1) is 18.3 Å². The molecule has 2 fully saturated rings. The van der Waals surface area contributed by atoms with Crippen LogP contribution in [-0.2, 0) is 4.79 Å². The predicted octanol–water partition coefficient (Wildman–Crippen LogP) is 2.42. The summed E-state index contributed by atoms with van der Waals surface area (Å²) in [5.41, 5.74) is 0. The van der Waals surface area contributed by atoms with Crippen molar-refractivity contribution in [2.24, 2.45) is 5.92 Å². The Bertz CT molecular complexity index is 600. The number of carbonyl (C=O) groups is 1. The molecule has 1 amide bonds. The van der Waals surface area contributed by atoms with Crippen LogP contribution in [0.5, 0.6) is 0 Å². The highest BCUT2D eigenvalue weighted by Crippen LogP contribution is 2.28. The molecule has 4 rings (SSSR count). The van der Waals surface area contributed by atoms with E-state index in [9.17, 15) is 4.79 Å². The zero-order chi connectivity index (χ0) is 16.4. The van der Waals surface area contributed by atoms with Gasteiger partial charge in [0.1, 0.15) is 0 Å². The number of nitrogens with zero attached hydrogens (tertiary/aromatic N) is 5. The summed E-state index contributed by atoms with van der Waals surface area (Å²) in [5.74, 6) is 0.422. The van der Waals surface area contributed by atoms with E-state index in [0.29, 0.717) is 11.9 Å². The Morgan fingerprint density at radius 2 is 2.08 bits per heavy atom. The van der Waals surface area contributed by atoms with Gasteiger partial charge >= 0.3 is 0 Å². The van der Waals surface area contributed by atoms with E-state index in [1.54, 1.807) is 11.3 Å². The Morgan fingerprint density at radius 1 is 1.17 bits per heavy atom. The van der Waals surface area contributed by atoms with Gasteiger partial charge in [-0.25, -0.2) is 9.97 Å². The standard InChI is InChI=1S/C17H23N5OS/c23-16(14-3-1-8-21(11-14)17-19-6-10-24-17)20-7-2-4-15(12-20)22-9-5-18-13-22/h5-6,9-10,13-15H,1-4,7-8,11-12H2/t14-,15+/m0/s1. The molecular weight excluding hydrogens is 322 g/mol. The van der Waals surface area contributed by atoms with Crippen molar-refractivity contribution in [3.63, 3.8) is 0 Å². The van der Waals surface area contributed by atoms with Crippen LogP contribution in [0.3, 0.4) is 0 Å². The lowest BCUT2D eigenvalue weighted by atomic mass is 9.95. The monoisotopic (exact) mass is 345 g/mol. The van der Waals surface area contributed by atoms with Crippen molar-refractivity contribution in [3.05, 3.63) is 30.3 Å². The summed E-state index contributed by atoms with van der Waals surface area (Å²) in [5, 5.41) is 3.05. The van der Waals surface area contributed by atoms with Crippen LogP contribution in [0.2, 0.25) is 0 Å². The number of piperidine rings is 2. The molecule has 0 unspecified atom stereocenters. The third-order valence-corrected chi connectivity index (χ3v) is 5.95. The third kappa shape index (κ3) is 3.17. The first-order valence-corrected chi connectivity index (χ1v) is 9.60. The van der Waals surface area contributed by atoms with Gasteiger partial charge in [-0.15, -0.1) is 11.3 Å². The van der Waals surface area contributed by atoms with Gasteiger partial charge in [-0.3, -0.25) is 4.79 Å². The first-order chi connectivity index (χ1) is 11.8. The van der Waals surface area contributed by atoms with Crippen molar-refractivity contribution in [1.82, 2.24) is 19.4 Å². The molecule has 2 atom stereocenters. The SMILES string of the molecule is O=C([C@H]1CCCN(c2nccs2)C1)N1CCC[C@@H](n2ccnc2)C1. The number of aromatic nitrogens is 3. The molecular formula is C17H23N5OS. The second kappa shape index (κ2) is 6.93. The highest BCUT2D eigenvalue weighted by Gasteiger charge is 2.32. The normalized spacial score (nSPS) is 25.0. The largest absolute Gasteiger partial charge is 0.347 e. The Balaban J connectivity index is 1.41. The van der Waals surface area contributed by atoms with Crippen LogP contribution in [0.1, 0.15) is 31.7 Å². The van der Waals surface area contributed by atoms with Crippen molar-refractivity contribution in [1.29, 1.82) is 0 Å². The topological polar surface area (TPSA) is 54.3 Å². The molecule has 24 heavy (non-hydrogen) atoms. The minimum absolute atomic E-state index is 0.101. The van der Waals surface area contributed by atoms with E-state index >= 15 is 0 Å². The van der Waals surface area contributed by atoms with Gasteiger partial charge in [0, 0.05) is 50.1 Å². The van der Waals surface area contributed by atoms with Crippen molar-refractivity contribution >= 4 is 22.4 Å². The highest BCUT2D eigenvalue weighted by molar-refractivity contribution is 7.13. The van der Waals surface area contributed by atoms with E-state index in [-0.39, 0.29) is 5.92 Å². The predicted molar refractivity (Wildman–Crippen MR) is 94.1 cm³/mol. The maximum Gasteiger partial charge on any atom is 0.227 e. The van der Waals surface area contributed by atoms with Crippen molar-refractivity contribution in [2.45, 2.75) is 31.7 Å². The van der Waals surface area contributed by atoms with Gasteiger partial charge < -0.3 is 14.4 Å². The number of anilines is 1. The van der Waals surface area contributed by atoms with Gasteiger partial charge in [-0.1, -0.05) is 0 Å². The first-order valence-electron chi connectivity index (χ1n) is 8.72. The molecule has 0 N–H and O–H groups in total. The van der Waals surface area contributed by atoms with Gasteiger partial charge in [0.15, 0.2) is 5.13 Å². The first kappa shape index (κ1) is 15.6. The smallest absolute Gasteiger partial charge is 0.227 e. The second-order valence-corrected chi connectivity index (χ2v) is 7.56. The molecule has 0 bridgehead atoms. The number of thiazole rings is 1. The van der Waals surface area contributed by atoms with Crippen LogP contribution in [0.25, 0.3) is 0 Å². The number of carbonyl (C=O) groups excluding carboxylic acids is 1. The van der Waals surface area contributed by atoms with Crippen LogP contribution in [0, 0.1) is 5.92 Å². The lowest BCUT2D eigenvalue weighted by Gasteiger charge is -2.38. The van der Waals surface area contributed by atoms with Gasteiger partial charge in [-0.2, -0.15) is 0 Å². The highest BCUT2D eigenvalue weighted by atomic mass is 32.1. The molecule has 7 heteroatoms. The van der Waals surface area contributed by atoms with Gasteiger partial charge in [0.2, 0.25) is 5.91 Å². The summed E-state index contributed by atoms with van der Waals surface area (Å²) < 4.78 is 2.14. The summed E-state index contributed by atoms with van der Waals surface area (Å²) in [6.45, 7) is 3.51. The number of rotatable bonds is 3. The number of hydrogen-bond donors (Lipinski definition) is 0. The van der Waals surface area contributed by atoms with Crippen LogP contribution >= 0.6 is 11.3 Å². The Labute approximate surface area is 146 Å². The molecule has 128 valence electrons. The summed E-state index contributed by atoms with van der Waals surface area (Å²) in [7, 11) is 0. The minimum atomic E-state index is 0.101. The second-order valence-electron chi connectivity index (χ2n) is 6.69. The quantitative estimate of drug-likeness (QED) is 0.857. The molecule has 0 radical (unpaired) electrons. The van der Waals surface area contributed by atoms with Gasteiger partial charge in [0.25, 0.3) is 0 Å². The van der Waals surface area contributed by atoms with Crippen LogP contribution in [0.4, 0.5) is 5.13 Å². The van der Waals surface area contributed by atoms with Crippen molar-refractivity contribution < 1.29 is 4.79 Å². The third-order valence-electron chi connectivity index (χ3n) is 5.12. The number of imidazole rings is 1. The molecule has 0 saturated carbocycles. The van der Waals surface area contributed by atoms with E-state index in [1.807, 2.05) is 30.3 Å². The Kier molecular flexibility index (Phi) is 4.51. The fraction of sp³-hybridized carbons (Fsp3) is 0.588. The molecule has 2 saturated heterocycles. The van der Waals surface area contributed by atoms with E-state index in [4.69, 9.17) is 0 Å². The zero-order valence-electron chi connectivity index (χ0n) is 13.8. The fourth-order valence-electron chi connectivity index (χ4n) is 3.87. The lowest BCUT2D eigenvalue weighted by Crippen LogP contribution is -2.48. The van der Waals surface area contributed by atoms with E-state index in [2.05, 4.69) is 24.3 Å². The summed E-state index contributed by atoms with van der Waals surface area (Å²) in [6, 6.07) is 0.365. The van der Waals surface area contributed by atoms with Crippen molar-refractivity contribution in [3.8, 4) is 0 Å². The van der Waals surface area contributed by atoms with Gasteiger partial charge in [-0.05, 0) is 25.7 Å².